The van der Waals surface area contributed by atoms with Crippen LogP contribution in [0.15, 0.2) is 29.2 Å². The Morgan fingerprint density at radius 2 is 1.83 bits per heavy atom. The van der Waals surface area contributed by atoms with Crippen LogP contribution >= 0.6 is 11.8 Å². The Balaban J connectivity index is 2.52. The maximum Gasteiger partial charge on any atom is 0.243 e. The molecule has 24 heavy (non-hydrogen) atoms. The first-order valence-corrected chi connectivity index (χ1v) is 9.10. The fourth-order valence-electron chi connectivity index (χ4n) is 2.14. The maximum absolute atomic E-state index is 12.9. The van der Waals surface area contributed by atoms with Gasteiger partial charge in [-0.05, 0) is 37.4 Å². The van der Waals surface area contributed by atoms with Gasteiger partial charge in [0.1, 0.15) is 11.9 Å². The molecular weight excluding hydrogens is 329 g/mol. The van der Waals surface area contributed by atoms with Gasteiger partial charge >= 0.3 is 0 Å². The van der Waals surface area contributed by atoms with E-state index in [0.717, 1.165) is 24.5 Å². The molecular formula is C17H26FN3O2S. The summed E-state index contributed by atoms with van der Waals surface area (Å²) in [7, 11) is 0. The van der Waals surface area contributed by atoms with Crippen molar-refractivity contribution in [2.75, 3.05) is 31.9 Å². The van der Waals surface area contributed by atoms with E-state index in [1.807, 2.05) is 0 Å². The zero-order valence-electron chi connectivity index (χ0n) is 14.5. The predicted molar refractivity (Wildman–Crippen MR) is 95.5 cm³/mol. The van der Waals surface area contributed by atoms with Crippen molar-refractivity contribution >= 4 is 23.6 Å². The number of halogens is 1. The summed E-state index contributed by atoms with van der Waals surface area (Å²) in [4.78, 5) is 26.7. The van der Waals surface area contributed by atoms with E-state index in [1.54, 1.807) is 12.1 Å². The van der Waals surface area contributed by atoms with Crippen molar-refractivity contribution in [3.05, 3.63) is 30.1 Å². The Hall–Kier alpha value is -1.60. The van der Waals surface area contributed by atoms with Crippen LogP contribution in [-0.4, -0.2) is 54.7 Å². The molecule has 0 aliphatic carbocycles. The standard InChI is InChI=1S/C17H26FN3O2S/c1-4-21(5-2)11-10-19-17(23)16(20-13(3)22)12-24-15-8-6-14(18)7-9-15/h6-9,16H,4-5,10-12H2,1-3H3,(H,19,23)(H,20,22). The van der Waals surface area contributed by atoms with E-state index in [2.05, 4.69) is 29.4 Å². The third-order valence-corrected chi connectivity index (χ3v) is 4.65. The highest BCUT2D eigenvalue weighted by Crippen LogP contribution is 2.19. The number of hydrogen-bond donors (Lipinski definition) is 2. The molecule has 0 aliphatic heterocycles. The molecule has 0 aromatic heterocycles. The van der Waals surface area contributed by atoms with E-state index in [1.165, 1.54) is 30.8 Å². The average Bonchev–Trinajstić information content (AvgIpc) is 2.56. The lowest BCUT2D eigenvalue weighted by molar-refractivity contribution is -0.127. The molecule has 0 radical (unpaired) electrons. The molecule has 0 aliphatic rings. The fraction of sp³-hybridized carbons (Fsp3) is 0.529. The maximum atomic E-state index is 12.9. The lowest BCUT2D eigenvalue weighted by atomic mass is 10.3. The molecule has 0 spiro atoms. The second-order valence-electron chi connectivity index (χ2n) is 5.34. The van der Waals surface area contributed by atoms with Crippen LogP contribution in [0.5, 0.6) is 0 Å². The first kappa shape index (κ1) is 20.4. The number of thioether (sulfide) groups is 1. The van der Waals surface area contributed by atoms with Gasteiger partial charge in [-0.1, -0.05) is 13.8 Å². The molecule has 0 heterocycles. The number of hydrogen-bond acceptors (Lipinski definition) is 4. The van der Waals surface area contributed by atoms with Crippen LogP contribution in [0.25, 0.3) is 0 Å². The molecule has 0 bridgehead atoms. The van der Waals surface area contributed by atoms with Gasteiger partial charge in [-0.15, -0.1) is 11.8 Å². The van der Waals surface area contributed by atoms with Crippen LogP contribution in [0.4, 0.5) is 4.39 Å². The third kappa shape index (κ3) is 7.79. The predicted octanol–water partition coefficient (Wildman–Crippen LogP) is 1.88. The summed E-state index contributed by atoms with van der Waals surface area (Å²) in [5, 5.41) is 5.53. The van der Waals surface area contributed by atoms with E-state index < -0.39 is 6.04 Å². The summed E-state index contributed by atoms with van der Waals surface area (Å²) in [6.45, 7) is 8.71. The van der Waals surface area contributed by atoms with E-state index in [4.69, 9.17) is 0 Å². The molecule has 2 amide bonds. The molecule has 1 atom stereocenters. The van der Waals surface area contributed by atoms with Gasteiger partial charge in [-0.2, -0.15) is 0 Å². The molecule has 1 aromatic carbocycles. The molecule has 1 rings (SSSR count). The smallest absolute Gasteiger partial charge is 0.243 e. The van der Waals surface area contributed by atoms with Crippen molar-refractivity contribution in [1.82, 2.24) is 15.5 Å². The SMILES string of the molecule is CCN(CC)CCNC(=O)C(CSc1ccc(F)cc1)NC(C)=O. The van der Waals surface area contributed by atoms with E-state index in [-0.39, 0.29) is 17.6 Å². The topological polar surface area (TPSA) is 61.4 Å². The minimum absolute atomic E-state index is 0.202. The Morgan fingerprint density at radius 1 is 1.21 bits per heavy atom. The van der Waals surface area contributed by atoms with E-state index in [0.29, 0.717) is 12.3 Å². The quantitative estimate of drug-likeness (QED) is 0.629. The Morgan fingerprint density at radius 3 is 2.38 bits per heavy atom. The molecule has 5 nitrogen and oxygen atoms in total. The summed E-state index contributed by atoms with van der Waals surface area (Å²) in [6, 6.07) is 5.45. The first-order valence-electron chi connectivity index (χ1n) is 8.11. The van der Waals surface area contributed by atoms with Crippen molar-refractivity contribution in [2.45, 2.75) is 31.7 Å². The number of carbonyl (C=O) groups is 2. The van der Waals surface area contributed by atoms with Crippen molar-refractivity contribution in [3.63, 3.8) is 0 Å². The van der Waals surface area contributed by atoms with Crippen LogP contribution in [0.3, 0.4) is 0 Å². The van der Waals surface area contributed by atoms with Crippen molar-refractivity contribution in [3.8, 4) is 0 Å². The van der Waals surface area contributed by atoms with Gasteiger partial charge in [0.15, 0.2) is 0 Å². The summed E-state index contributed by atoms with van der Waals surface area (Å²) >= 11 is 1.40. The van der Waals surface area contributed by atoms with Crippen LogP contribution in [0.2, 0.25) is 0 Å². The van der Waals surface area contributed by atoms with Crippen LogP contribution in [0.1, 0.15) is 20.8 Å². The minimum Gasteiger partial charge on any atom is -0.353 e. The van der Waals surface area contributed by atoms with E-state index >= 15 is 0 Å². The number of likely N-dealkylation sites (N-methyl/N-ethyl adjacent to an activating group) is 1. The van der Waals surface area contributed by atoms with Crippen molar-refractivity contribution in [2.24, 2.45) is 0 Å². The molecule has 1 unspecified atom stereocenters. The van der Waals surface area contributed by atoms with Gasteiger partial charge in [-0.3, -0.25) is 9.59 Å². The molecule has 2 N–H and O–H groups in total. The van der Waals surface area contributed by atoms with Gasteiger partial charge in [0, 0.05) is 30.7 Å². The molecule has 0 fully saturated rings. The van der Waals surface area contributed by atoms with Gasteiger partial charge in [0.05, 0.1) is 0 Å². The zero-order valence-corrected chi connectivity index (χ0v) is 15.3. The van der Waals surface area contributed by atoms with Gasteiger partial charge in [-0.25, -0.2) is 4.39 Å². The fourth-order valence-corrected chi connectivity index (χ4v) is 3.06. The number of nitrogens with zero attached hydrogens (tertiary/aromatic N) is 1. The Labute approximate surface area is 147 Å². The summed E-state index contributed by atoms with van der Waals surface area (Å²) in [5.41, 5.74) is 0. The monoisotopic (exact) mass is 355 g/mol. The zero-order chi connectivity index (χ0) is 17.9. The number of rotatable bonds is 10. The molecule has 0 saturated carbocycles. The molecule has 7 heteroatoms. The summed E-state index contributed by atoms with van der Waals surface area (Å²) in [5.74, 6) is -0.361. The summed E-state index contributed by atoms with van der Waals surface area (Å²) < 4.78 is 12.9. The molecule has 0 saturated heterocycles. The highest BCUT2D eigenvalue weighted by atomic mass is 32.2. The lowest BCUT2D eigenvalue weighted by Gasteiger charge is -2.20. The van der Waals surface area contributed by atoms with E-state index in [9.17, 15) is 14.0 Å². The van der Waals surface area contributed by atoms with Crippen molar-refractivity contribution in [1.29, 1.82) is 0 Å². The van der Waals surface area contributed by atoms with Crippen molar-refractivity contribution < 1.29 is 14.0 Å². The van der Waals surface area contributed by atoms with Gasteiger partial charge in [0.2, 0.25) is 11.8 Å². The van der Waals surface area contributed by atoms with Crippen LogP contribution < -0.4 is 10.6 Å². The largest absolute Gasteiger partial charge is 0.353 e. The van der Waals surface area contributed by atoms with Crippen LogP contribution in [-0.2, 0) is 9.59 Å². The minimum atomic E-state index is -0.616. The third-order valence-electron chi connectivity index (χ3n) is 3.55. The molecule has 1 aromatic rings. The second kappa shape index (κ2) is 11.0. The Kier molecular flexibility index (Phi) is 9.41. The summed E-state index contributed by atoms with van der Waals surface area (Å²) in [6.07, 6.45) is 0. The second-order valence-corrected chi connectivity index (χ2v) is 6.43. The first-order chi connectivity index (χ1) is 11.5. The number of benzene rings is 1. The highest BCUT2D eigenvalue weighted by molar-refractivity contribution is 7.99. The number of nitrogens with one attached hydrogen (secondary N) is 2. The number of amides is 2. The highest BCUT2D eigenvalue weighted by Gasteiger charge is 2.19. The number of carbonyl (C=O) groups excluding carboxylic acids is 2. The Bertz CT molecular complexity index is 521. The van der Waals surface area contributed by atoms with Crippen LogP contribution in [0, 0.1) is 5.82 Å². The van der Waals surface area contributed by atoms with Gasteiger partial charge < -0.3 is 15.5 Å². The van der Waals surface area contributed by atoms with Gasteiger partial charge in [0.25, 0.3) is 0 Å². The lowest BCUT2D eigenvalue weighted by Crippen LogP contribution is -2.49. The molecule has 134 valence electrons. The normalized spacial score (nSPS) is 12.0. The average molecular weight is 355 g/mol.